The predicted octanol–water partition coefficient (Wildman–Crippen LogP) is 20.3. The van der Waals surface area contributed by atoms with E-state index < -0.39 is 6.10 Å². The van der Waals surface area contributed by atoms with Crippen LogP contribution in [0.4, 0.5) is 0 Å². The normalized spacial score (nSPS) is 12.9. The van der Waals surface area contributed by atoms with Crippen molar-refractivity contribution in [2.75, 3.05) is 13.2 Å². The van der Waals surface area contributed by atoms with Gasteiger partial charge in [-0.25, -0.2) is 0 Å². The molecule has 0 aliphatic rings. The number of unbranched alkanes of at least 4 members (excludes halogenated alkanes) is 24. The Labute approximate surface area is 444 Å². The molecule has 0 bridgehead atoms. The van der Waals surface area contributed by atoms with Gasteiger partial charge in [0, 0.05) is 19.3 Å². The monoisotopic (exact) mass is 999 g/mol. The van der Waals surface area contributed by atoms with E-state index in [9.17, 15) is 14.4 Å². The average molecular weight is 1000 g/mol. The van der Waals surface area contributed by atoms with Crippen LogP contribution in [0.25, 0.3) is 0 Å². The Balaban J connectivity index is 4.40. The molecule has 0 amide bonds. The van der Waals surface area contributed by atoms with Gasteiger partial charge >= 0.3 is 17.9 Å². The second-order valence-electron chi connectivity index (χ2n) is 19.5. The fraction of sp³-hybridized carbons (Fsp3) is 0.682. The number of carbonyl (C=O) groups excluding carboxylic acids is 3. The lowest BCUT2D eigenvalue weighted by molar-refractivity contribution is -0.167. The molecule has 1 unspecified atom stereocenters. The van der Waals surface area contributed by atoms with E-state index >= 15 is 0 Å². The fourth-order valence-electron chi connectivity index (χ4n) is 8.02. The Morgan fingerprint density at radius 2 is 0.583 bits per heavy atom. The Hall–Kier alpha value is -3.93. The van der Waals surface area contributed by atoms with Gasteiger partial charge < -0.3 is 14.2 Å². The lowest BCUT2D eigenvalue weighted by atomic mass is 10.1. The number of rotatable bonds is 53. The second kappa shape index (κ2) is 59.6. The van der Waals surface area contributed by atoms with Crippen LogP contribution in [0.15, 0.2) is 109 Å². The first-order valence-electron chi connectivity index (χ1n) is 29.9. The summed E-state index contributed by atoms with van der Waals surface area (Å²) in [5, 5.41) is 0. The van der Waals surface area contributed by atoms with Crippen molar-refractivity contribution in [1.82, 2.24) is 0 Å². The topological polar surface area (TPSA) is 78.9 Å². The minimum absolute atomic E-state index is 0.102. The highest BCUT2D eigenvalue weighted by Gasteiger charge is 2.19. The van der Waals surface area contributed by atoms with Crippen molar-refractivity contribution in [2.24, 2.45) is 0 Å². The van der Waals surface area contributed by atoms with Crippen molar-refractivity contribution in [3.05, 3.63) is 109 Å². The summed E-state index contributed by atoms with van der Waals surface area (Å²) in [5.41, 5.74) is 0. The van der Waals surface area contributed by atoms with Gasteiger partial charge in [-0.3, -0.25) is 14.4 Å². The lowest BCUT2D eigenvalue weighted by Crippen LogP contribution is -2.30. The summed E-state index contributed by atoms with van der Waals surface area (Å²) in [6.07, 6.45) is 81.0. The van der Waals surface area contributed by atoms with Crippen LogP contribution in [0.5, 0.6) is 0 Å². The highest BCUT2D eigenvalue weighted by molar-refractivity contribution is 5.71. The first-order valence-corrected chi connectivity index (χ1v) is 29.9. The van der Waals surface area contributed by atoms with Crippen LogP contribution in [0.2, 0.25) is 0 Å². The molecule has 0 aromatic carbocycles. The molecule has 0 fully saturated rings. The Bertz CT molecular complexity index is 1470. The van der Waals surface area contributed by atoms with Gasteiger partial charge in [-0.1, -0.05) is 246 Å². The van der Waals surface area contributed by atoms with E-state index in [1.165, 1.54) is 116 Å². The maximum atomic E-state index is 12.9. The van der Waals surface area contributed by atoms with Gasteiger partial charge in [0.15, 0.2) is 6.10 Å². The van der Waals surface area contributed by atoms with Crippen LogP contribution in [0, 0.1) is 0 Å². The fourth-order valence-corrected chi connectivity index (χ4v) is 8.02. The van der Waals surface area contributed by atoms with E-state index in [1.807, 2.05) is 0 Å². The van der Waals surface area contributed by atoms with Crippen molar-refractivity contribution >= 4 is 17.9 Å². The zero-order valence-electron chi connectivity index (χ0n) is 46.9. The zero-order chi connectivity index (χ0) is 52.2. The molecule has 0 aliphatic carbocycles. The Kier molecular flexibility index (Phi) is 56.4. The first kappa shape index (κ1) is 68.1. The standard InChI is InChI=1S/C66H110O6/c1-4-7-10-13-16-19-22-24-26-28-30-32-33-35-36-38-40-42-44-47-50-53-56-59-65(68)71-62-63(61-70-64(67)58-55-52-49-46-21-18-15-12-9-6-3)72-66(69)60-57-54-51-48-45-43-41-39-37-34-31-29-27-25-23-20-17-14-11-8-5-2/h7,10,12,15-16,19,24,26,29-32,35-36,40,42,47,50,63H,4-6,8-9,11,13-14,17-18,20-23,25,27-28,33-34,37-39,41,43-46,48-49,51-62H2,1-3H3/b10-7-,15-12-,19-16-,26-24-,31-29-,32-30-,36-35-,42-40-,50-47-. The van der Waals surface area contributed by atoms with E-state index in [-0.39, 0.29) is 37.5 Å². The molecule has 410 valence electrons. The Morgan fingerprint density at radius 1 is 0.292 bits per heavy atom. The van der Waals surface area contributed by atoms with E-state index in [2.05, 4.69) is 130 Å². The maximum Gasteiger partial charge on any atom is 0.306 e. The SMILES string of the molecule is CC/C=C\C/C=C\C/C=C\C/C=C\C/C=C\C/C=C\C/C=C\CCCC(=O)OCC(COC(=O)CCCCCCC/C=C\CCC)OC(=O)CCCCCCCCCCC/C=C\CCCCCCCCCC. The molecule has 1 atom stereocenters. The van der Waals surface area contributed by atoms with Crippen molar-refractivity contribution in [3.63, 3.8) is 0 Å². The highest BCUT2D eigenvalue weighted by Crippen LogP contribution is 2.15. The molecule has 0 heterocycles. The van der Waals surface area contributed by atoms with E-state index in [4.69, 9.17) is 14.2 Å². The third-order valence-electron chi connectivity index (χ3n) is 12.5. The summed E-state index contributed by atoms with van der Waals surface area (Å²) >= 11 is 0. The van der Waals surface area contributed by atoms with Gasteiger partial charge in [0.05, 0.1) is 0 Å². The minimum Gasteiger partial charge on any atom is -0.462 e. The molecule has 72 heavy (non-hydrogen) atoms. The van der Waals surface area contributed by atoms with Gasteiger partial charge in [-0.05, 0) is 116 Å². The highest BCUT2D eigenvalue weighted by atomic mass is 16.6. The molecule has 6 heteroatoms. The van der Waals surface area contributed by atoms with Crippen LogP contribution in [-0.2, 0) is 28.6 Å². The van der Waals surface area contributed by atoms with Gasteiger partial charge in [0.2, 0.25) is 0 Å². The number of ether oxygens (including phenoxy) is 3. The van der Waals surface area contributed by atoms with Crippen molar-refractivity contribution in [1.29, 1.82) is 0 Å². The summed E-state index contributed by atoms with van der Waals surface area (Å²) in [4.78, 5) is 38.1. The van der Waals surface area contributed by atoms with Crippen LogP contribution in [0.1, 0.15) is 271 Å². The molecule has 0 aromatic rings. The summed E-state index contributed by atoms with van der Waals surface area (Å²) in [5.74, 6) is -0.975. The van der Waals surface area contributed by atoms with Gasteiger partial charge in [0.25, 0.3) is 0 Å². The molecule has 0 N–H and O–H groups in total. The van der Waals surface area contributed by atoms with Crippen LogP contribution in [0.3, 0.4) is 0 Å². The van der Waals surface area contributed by atoms with E-state index in [0.717, 1.165) is 109 Å². The second-order valence-corrected chi connectivity index (χ2v) is 19.5. The molecule has 0 aromatic heterocycles. The van der Waals surface area contributed by atoms with E-state index in [0.29, 0.717) is 19.3 Å². The molecule has 0 radical (unpaired) electrons. The molecule has 0 saturated carbocycles. The number of carbonyl (C=O) groups is 3. The summed E-state index contributed by atoms with van der Waals surface area (Å²) in [6, 6.07) is 0. The minimum atomic E-state index is -0.808. The molecular weight excluding hydrogens is 889 g/mol. The smallest absolute Gasteiger partial charge is 0.306 e. The third-order valence-corrected chi connectivity index (χ3v) is 12.5. The quantitative estimate of drug-likeness (QED) is 0.0261. The zero-order valence-corrected chi connectivity index (χ0v) is 46.9. The molecule has 0 aliphatic heterocycles. The molecular formula is C66H110O6. The number of esters is 3. The summed E-state index contributed by atoms with van der Waals surface area (Å²) < 4.78 is 16.8. The number of hydrogen-bond acceptors (Lipinski definition) is 6. The first-order chi connectivity index (χ1) is 35.5. The third kappa shape index (κ3) is 57.0. The predicted molar refractivity (Wildman–Crippen MR) is 311 cm³/mol. The number of allylic oxidation sites excluding steroid dienone is 18. The summed E-state index contributed by atoms with van der Waals surface area (Å²) in [7, 11) is 0. The largest absolute Gasteiger partial charge is 0.462 e. The van der Waals surface area contributed by atoms with E-state index in [1.54, 1.807) is 0 Å². The summed E-state index contributed by atoms with van der Waals surface area (Å²) in [6.45, 7) is 6.41. The molecule has 0 rings (SSSR count). The Morgan fingerprint density at radius 3 is 0.972 bits per heavy atom. The molecule has 0 spiro atoms. The van der Waals surface area contributed by atoms with Crippen LogP contribution in [-0.4, -0.2) is 37.2 Å². The molecule has 0 saturated heterocycles. The average Bonchev–Trinajstić information content (AvgIpc) is 3.38. The van der Waals surface area contributed by atoms with Crippen LogP contribution >= 0.6 is 0 Å². The number of hydrogen-bond donors (Lipinski definition) is 0. The van der Waals surface area contributed by atoms with Gasteiger partial charge in [-0.15, -0.1) is 0 Å². The van der Waals surface area contributed by atoms with Gasteiger partial charge in [-0.2, -0.15) is 0 Å². The van der Waals surface area contributed by atoms with Crippen LogP contribution < -0.4 is 0 Å². The lowest BCUT2D eigenvalue weighted by Gasteiger charge is -2.18. The van der Waals surface area contributed by atoms with Gasteiger partial charge in [0.1, 0.15) is 13.2 Å². The van der Waals surface area contributed by atoms with Crippen molar-refractivity contribution < 1.29 is 28.6 Å². The maximum absolute atomic E-state index is 12.9. The van der Waals surface area contributed by atoms with Crippen molar-refractivity contribution in [3.8, 4) is 0 Å². The van der Waals surface area contributed by atoms with Crippen molar-refractivity contribution in [2.45, 2.75) is 277 Å². The molecule has 6 nitrogen and oxygen atoms in total.